The summed E-state index contributed by atoms with van der Waals surface area (Å²) in [5.74, 6) is 1.88. The number of aromatic amines is 1. The number of H-pyrrole nitrogens is 1. The van der Waals surface area contributed by atoms with Crippen LogP contribution in [0.1, 0.15) is 18.4 Å². The zero-order valence-corrected chi connectivity index (χ0v) is 15.5. The summed E-state index contributed by atoms with van der Waals surface area (Å²) in [6.45, 7) is 3.56. The van der Waals surface area contributed by atoms with Gasteiger partial charge in [-0.15, -0.1) is 0 Å². The van der Waals surface area contributed by atoms with E-state index < -0.39 is 0 Å². The molecule has 2 aromatic heterocycles. The SMILES string of the molecule is CNC(=O)C1CCN(c2cnc(N)c(-c3nc4ccc(C)cc4[nH]3)n2)CC1. The predicted molar refractivity (Wildman–Crippen MR) is 105 cm³/mol. The van der Waals surface area contributed by atoms with Crippen molar-refractivity contribution in [2.45, 2.75) is 19.8 Å². The Kier molecular flexibility index (Phi) is 4.39. The number of nitrogens with zero attached hydrogens (tertiary/aromatic N) is 4. The van der Waals surface area contributed by atoms with Crippen molar-refractivity contribution in [3.8, 4) is 11.5 Å². The fourth-order valence-electron chi connectivity index (χ4n) is 3.53. The third-order valence-corrected chi connectivity index (χ3v) is 5.09. The van der Waals surface area contributed by atoms with Crippen LogP contribution < -0.4 is 16.0 Å². The molecule has 3 aromatic rings. The number of imidazole rings is 1. The van der Waals surface area contributed by atoms with E-state index in [-0.39, 0.29) is 11.8 Å². The van der Waals surface area contributed by atoms with Crippen molar-refractivity contribution in [2.75, 3.05) is 30.8 Å². The minimum atomic E-state index is 0.0612. The number of hydrogen-bond donors (Lipinski definition) is 3. The first-order valence-electron chi connectivity index (χ1n) is 9.11. The maximum absolute atomic E-state index is 11.8. The molecule has 3 heterocycles. The van der Waals surface area contributed by atoms with Crippen molar-refractivity contribution >= 4 is 28.6 Å². The van der Waals surface area contributed by atoms with Crippen molar-refractivity contribution < 1.29 is 4.79 Å². The topological polar surface area (TPSA) is 113 Å². The van der Waals surface area contributed by atoms with Crippen molar-refractivity contribution in [3.05, 3.63) is 30.0 Å². The van der Waals surface area contributed by atoms with Crippen LogP contribution in [0.15, 0.2) is 24.4 Å². The second-order valence-electron chi connectivity index (χ2n) is 6.94. The number of nitrogens with two attached hydrogens (primary N) is 1. The van der Waals surface area contributed by atoms with E-state index in [1.165, 1.54) is 0 Å². The lowest BCUT2D eigenvalue weighted by Gasteiger charge is -2.31. The number of fused-ring (bicyclic) bond motifs is 1. The molecule has 0 radical (unpaired) electrons. The largest absolute Gasteiger partial charge is 0.382 e. The standard InChI is InChI=1S/C19H23N7O/c1-11-3-4-13-14(9-11)24-18(23-13)16-17(20)22-10-15(25-16)26-7-5-12(6-8-26)19(27)21-2/h3-4,9-10,12H,5-8H2,1-2H3,(H2,20,22)(H,21,27)(H,23,24). The molecule has 0 spiro atoms. The molecule has 8 nitrogen and oxygen atoms in total. The molecule has 0 saturated carbocycles. The van der Waals surface area contributed by atoms with Crippen LogP contribution in [0.4, 0.5) is 11.6 Å². The molecule has 1 fully saturated rings. The van der Waals surface area contributed by atoms with Crippen LogP contribution in [0.2, 0.25) is 0 Å². The van der Waals surface area contributed by atoms with E-state index in [0.29, 0.717) is 17.3 Å². The van der Waals surface area contributed by atoms with Gasteiger partial charge < -0.3 is 20.9 Å². The van der Waals surface area contributed by atoms with Gasteiger partial charge >= 0.3 is 0 Å². The monoisotopic (exact) mass is 365 g/mol. The number of amides is 1. The molecule has 4 N–H and O–H groups in total. The highest BCUT2D eigenvalue weighted by Crippen LogP contribution is 2.27. The Hall–Kier alpha value is -3.16. The number of nitrogens with one attached hydrogen (secondary N) is 2. The first-order chi connectivity index (χ1) is 13.0. The summed E-state index contributed by atoms with van der Waals surface area (Å²) in [5, 5.41) is 2.73. The Morgan fingerprint density at radius 2 is 2.07 bits per heavy atom. The Bertz CT molecular complexity index is 989. The number of carbonyl (C=O) groups excluding carboxylic acids is 1. The molecule has 140 valence electrons. The molecule has 0 bridgehead atoms. The Morgan fingerprint density at radius 1 is 1.30 bits per heavy atom. The van der Waals surface area contributed by atoms with E-state index in [9.17, 15) is 4.79 Å². The first-order valence-corrected chi connectivity index (χ1v) is 9.11. The molecule has 1 amide bonds. The Labute approximate surface area is 157 Å². The lowest BCUT2D eigenvalue weighted by atomic mass is 9.96. The van der Waals surface area contributed by atoms with E-state index >= 15 is 0 Å². The highest BCUT2D eigenvalue weighted by atomic mass is 16.1. The molecule has 1 aliphatic rings. The zero-order valence-electron chi connectivity index (χ0n) is 15.5. The van der Waals surface area contributed by atoms with Gasteiger partial charge in [-0.25, -0.2) is 15.0 Å². The number of benzene rings is 1. The summed E-state index contributed by atoms with van der Waals surface area (Å²) in [6, 6.07) is 6.04. The molecular weight excluding hydrogens is 342 g/mol. The molecule has 0 unspecified atom stereocenters. The van der Waals surface area contributed by atoms with E-state index in [1.54, 1.807) is 13.2 Å². The van der Waals surface area contributed by atoms with Crippen LogP contribution >= 0.6 is 0 Å². The van der Waals surface area contributed by atoms with Crippen molar-refractivity contribution in [3.63, 3.8) is 0 Å². The van der Waals surface area contributed by atoms with Crippen LogP contribution in [0.3, 0.4) is 0 Å². The number of anilines is 2. The number of carbonyl (C=O) groups is 1. The number of nitrogen functional groups attached to an aromatic ring is 1. The van der Waals surface area contributed by atoms with Gasteiger partial charge in [-0.1, -0.05) is 6.07 Å². The Morgan fingerprint density at radius 3 is 2.81 bits per heavy atom. The molecular formula is C19H23N7O. The lowest BCUT2D eigenvalue weighted by molar-refractivity contribution is -0.125. The van der Waals surface area contributed by atoms with Crippen molar-refractivity contribution in [1.82, 2.24) is 25.3 Å². The van der Waals surface area contributed by atoms with E-state index in [0.717, 1.165) is 48.3 Å². The fourth-order valence-corrected chi connectivity index (χ4v) is 3.53. The van der Waals surface area contributed by atoms with E-state index in [2.05, 4.69) is 25.2 Å². The van der Waals surface area contributed by atoms with Gasteiger partial charge in [0.05, 0.1) is 17.2 Å². The number of hydrogen-bond acceptors (Lipinski definition) is 6. The van der Waals surface area contributed by atoms with Gasteiger partial charge in [-0.2, -0.15) is 0 Å². The summed E-state index contributed by atoms with van der Waals surface area (Å²) < 4.78 is 0. The maximum atomic E-state index is 11.8. The average molecular weight is 365 g/mol. The number of aromatic nitrogens is 4. The van der Waals surface area contributed by atoms with Crippen molar-refractivity contribution in [1.29, 1.82) is 0 Å². The third-order valence-electron chi connectivity index (χ3n) is 5.09. The number of aryl methyl sites for hydroxylation is 1. The molecule has 1 saturated heterocycles. The smallest absolute Gasteiger partial charge is 0.222 e. The normalized spacial score (nSPS) is 15.3. The molecule has 4 rings (SSSR count). The second-order valence-corrected chi connectivity index (χ2v) is 6.94. The highest BCUT2D eigenvalue weighted by Gasteiger charge is 2.25. The Balaban J connectivity index is 1.61. The van der Waals surface area contributed by atoms with Crippen LogP contribution in [0, 0.1) is 12.8 Å². The van der Waals surface area contributed by atoms with Gasteiger partial charge in [0, 0.05) is 26.1 Å². The number of piperidine rings is 1. The quantitative estimate of drug-likeness (QED) is 0.653. The van der Waals surface area contributed by atoms with Gasteiger partial charge in [-0.3, -0.25) is 4.79 Å². The van der Waals surface area contributed by atoms with E-state index in [4.69, 9.17) is 10.7 Å². The summed E-state index contributed by atoms with van der Waals surface area (Å²) in [6.07, 6.45) is 3.28. The second kappa shape index (κ2) is 6.86. The third kappa shape index (κ3) is 3.30. The molecule has 1 aromatic carbocycles. The number of rotatable bonds is 3. The van der Waals surface area contributed by atoms with Gasteiger partial charge in [-0.05, 0) is 37.5 Å². The fraction of sp³-hybridized carbons (Fsp3) is 0.368. The van der Waals surface area contributed by atoms with Crippen LogP contribution in [-0.2, 0) is 4.79 Å². The average Bonchev–Trinajstić information content (AvgIpc) is 3.10. The summed E-state index contributed by atoms with van der Waals surface area (Å²) in [5.41, 5.74) is 9.60. The summed E-state index contributed by atoms with van der Waals surface area (Å²) >= 11 is 0. The maximum Gasteiger partial charge on any atom is 0.222 e. The minimum Gasteiger partial charge on any atom is -0.382 e. The zero-order chi connectivity index (χ0) is 19.0. The minimum absolute atomic E-state index is 0.0612. The predicted octanol–water partition coefficient (Wildman–Crippen LogP) is 1.87. The van der Waals surface area contributed by atoms with Crippen LogP contribution in [-0.4, -0.2) is 46.0 Å². The van der Waals surface area contributed by atoms with Gasteiger partial charge in [0.2, 0.25) is 5.91 Å². The molecule has 0 aliphatic carbocycles. The summed E-state index contributed by atoms with van der Waals surface area (Å²) in [4.78, 5) is 30.9. The molecule has 27 heavy (non-hydrogen) atoms. The van der Waals surface area contributed by atoms with Gasteiger partial charge in [0.1, 0.15) is 5.82 Å². The van der Waals surface area contributed by atoms with Crippen LogP contribution in [0.5, 0.6) is 0 Å². The molecule has 1 aliphatic heterocycles. The molecule has 8 heteroatoms. The van der Waals surface area contributed by atoms with Crippen LogP contribution in [0.25, 0.3) is 22.6 Å². The van der Waals surface area contributed by atoms with Gasteiger partial charge in [0.25, 0.3) is 0 Å². The lowest BCUT2D eigenvalue weighted by Crippen LogP contribution is -2.40. The summed E-state index contributed by atoms with van der Waals surface area (Å²) in [7, 11) is 1.68. The molecule has 0 atom stereocenters. The van der Waals surface area contributed by atoms with Crippen molar-refractivity contribution in [2.24, 2.45) is 5.92 Å². The van der Waals surface area contributed by atoms with Gasteiger partial charge in [0.15, 0.2) is 17.3 Å². The van der Waals surface area contributed by atoms with E-state index in [1.807, 2.05) is 25.1 Å². The first kappa shape index (κ1) is 17.3. The highest BCUT2D eigenvalue weighted by molar-refractivity contribution is 5.81.